The van der Waals surface area contributed by atoms with Crippen molar-refractivity contribution < 1.29 is 37.1 Å². The second-order valence-electron chi connectivity index (χ2n) is 18.6. The Labute approximate surface area is 376 Å². The Balaban J connectivity index is 0.669. The van der Waals surface area contributed by atoms with Crippen molar-refractivity contribution in [1.82, 2.24) is 29.9 Å². The average Bonchev–Trinajstić information content (AvgIpc) is 3.85. The summed E-state index contributed by atoms with van der Waals surface area (Å²) in [6.07, 6.45) is 4.83. The number of amides is 5. The Bertz CT molecular complexity index is 2300. The molecular formula is C47H55F3N10O5. The molecule has 0 bridgehead atoms. The van der Waals surface area contributed by atoms with Gasteiger partial charge in [-0.25, -0.2) is 4.98 Å². The fourth-order valence-corrected chi connectivity index (χ4v) is 10.8. The molecular weight excluding hydrogens is 842 g/mol. The smallest absolute Gasteiger partial charge is 0.372 e. The van der Waals surface area contributed by atoms with Gasteiger partial charge >= 0.3 is 6.18 Å². The number of anilines is 3. The summed E-state index contributed by atoms with van der Waals surface area (Å²) in [5.74, 6) is -0.505. The number of aromatic nitrogens is 1. The molecule has 6 aliphatic heterocycles. The van der Waals surface area contributed by atoms with Crippen molar-refractivity contribution in [2.45, 2.75) is 70.0 Å². The lowest BCUT2D eigenvalue weighted by Gasteiger charge is -2.39. The Kier molecular flexibility index (Phi) is 12.7. The third-order valence-electron chi connectivity index (χ3n) is 14.5. The number of nitriles is 1. The first-order chi connectivity index (χ1) is 31.3. The first kappa shape index (κ1) is 44.4. The minimum atomic E-state index is -4.62. The zero-order chi connectivity index (χ0) is 45.4. The number of pyridine rings is 1. The van der Waals surface area contributed by atoms with Gasteiger partial charge in [-0.3, -0.25) is 39.1 Å². The van der Waals surface area contributed by atoms with E-state index in [9.17, 15) is 37.1 Å². The molecule has 344 valence electrons. The number of rotatable bonds is 10. The number of carbonyl (C=O) groups is 5. The monoisotopic (exact) mass is 896 g/mol. The molecule has 65 heavy (non-hydrogen) atoms. The minimum absolute atomic E-state index is 0.105. The third-order valence-corrected chi connectivity index (χ3v) is 14.5. The van der Waals surface area contributed by atoms with Crippen molar-refractivity contribution in [2.75, 3.05) is 93.7 Å². The van der Waals surface area contributed by atoms with Crippen LogP contribution in [0.15, 0.2) is 59.4 Å². The van der Waals surface area contributed by atoms with Gasteiger partial charge in [0.25, 0.3) is 11.8 Å². The first-order valence-corrected chi connectivity index (χ1v) is 23.0. The second kappa shape index (κ2) is 18.6. The van der Waals surface area contributed by atoms with Gasteiger partial charge in [-0.1, -0.05) is 0 Å². The van der Waals surface area contributed by atoms with Crippen molar-refractivity contribution in [3.63, 3.8) is 0 Å². The van der Waals surface area contributed by atoms with Crippen molar-refractivity contribution in [2.24, 2.45) is 17.8 Å². The van der Waals surface area contributed by atoms with Crippen LogP contribution >= 0.6 is 0 Å². The van der Waals surface area contributed by atoms with Crippen LogP contribution in [0.25, 0.3) is 0 Å². The molecule has 2 N–H and O–H groups in total. The van der Waals surface area contributed by atoms with E-state index in [2.05, 4.69) is 35.2 Å². The SMILES string of the molecule is N#Cc1ccc(N2CCC(C(=O)Nc3ccc(N4CCC(CN5CC[C@H](CN6CCN(C7=CC8=C(CC7)C(=O)N(C7CCC(=O)NC7=O)C8=O)CC6)C5)CC4)cn3)CC2)cc1C(F)(F)F. The number of piperazine rings is 1. The number of imide groups is 2. The van der Waals surface area contributed by atoms with Crippen molar-refractivity contribution in [3.05, 3.63) is 70.6 Å². The second-order valence-corrected chi connectivity index (χ2v) is 18.6. The summed E-state index contributed by atoms with van der Waals surface area (Å²) < 4.78 is 40.5. The molecule has 2 atom stereocenters. The molecule has 7 heterocycles. The van der Waals surface area contributed by atoms with E-state index in [1.165, 1.54) is 18.6 Å². The van der Waals surface area contributed by atoms with Crippen LogP contribution in [-0.4, -0.2) is 139 Å². The van der Waals surface area contributed by atoms with Crippen molar-refractivity contribution in [3.8, 4) is 6.07 Å². The number of allylic oxidation sites excluding steroid dienone is 1. The highest BCUT2D eigenvalue weighted by Gasteiger charge is 2.46. The molecule has 7 aliphatic rings. The fraction of sp³-hybridized carbons (Fsp3) is 0.553. The van der Waals surface area contributed by atoms with Crippen LogP contribution in [-0.2, 0) is 30.1 Å². The zero-order valence-corrected chi connectivity index (χ0v) is 36.5. The summed E-state index contributed by atoms with van der Waals surface area (Å²) in [6, 6.07) is 8.25. The summed E-state index contributed by atoms with van der Waals surface area (Å²) >= 11 is 0. The number of hydrogen-bond donors (Lipinski definition) is 2. The number of piperidine rings is 3. The van der Waals surface area contributed by atoms with E-state index in [1.807, 2.05) is 29.3 Å². The third kappa shape index (κ3) is 9.62. The lowest BCUT2D eigenvalue weighted by molar-refractivity contribution is -0.150. The Morgan fingerprint density at radius 1 is 0.769 bits per heavy atom. The van der Waals surface area contributed by atoms with E-state index in [1.54, 1.807) is 6.07 Å². The van der Waals surface area contributed by atoms with Crippen LogP contribution in [0.3, 0.4) is 0 Å². The fourth-order valence-electron chi connectivity index (χ4n) is 10.8. The molecule has 15 nitrogen and oxygen atoms in total. The molecule has 2 aromatic rings. The quantitative estimate of drug-likeness (QED) is 0.329. The summed E-state index contributed by atoms with van der Waals surface area (Å²) in [5, 5.41) is 14.3. The molecule has 5 saturated heterocycles. The Morgan fingerprint density at radius 3 is 2.15 bits per heavy atom. The van der Waals surface area contributed by atoms with E-state index in [0.29, 0.717) is 73.3 Å². The molecule has 1 aromatic heterocycles. The largest absolute Gasteiger partial charge is 0.417 e. The standard InChI is InChI=1S/C47H55F3N10O5/c48-47(49,50)39-24-35(2-1-33(39)25-51)57-17-12-32(13-18-57)43(62)53-41-7-4-36(26-52-41)58-15-10-30(11-16-58)27-56-14-9-31(29-56)28-55-19-21-59(22-20-55)34-3-5-37-38(23-34)46(65)60(45(37)64)40-6-8-42(61)54-44(40)63/h1-2,4,7,23-24,26,30-32,40H,3,5-6,8-22,27-29H2,(H,52,53,62)(H,54,61,63)/t31-,40?/m1/s1. The molecule has 1 aromatic carbocycles. The van der Waals surface area contributed by atoms with Crippen LogP contribution in [0.5, 0.6) is 0 Å². The number of nitrogens with zero attached hydrogens (tertiary/aromatic N) is 8. The van der Waals surface area contributed by atoms with Crippen molar-refractivity contribution >= 4 is 46.7 Å². The highest BCUT2D eigenvalue weighted by molar-refractivity contribution is 6.23. The van der Waals surface area contributed by atoms with Gasteiger partial charge in [0.05, 0.1) is 34.7 Å². The molecule has 9 rings (SSSR count). The van der Waals surface area contributed by atoms with E-state index in [0.717, 1.165) is 101 Å². The van der Waals surface area contributed by atoms with Crippen molar-refractivity contribution in [1.29, 1.82) is 5.26 Å². The average molecular weight is 897 g/mol. The summed E-state index contributed by atoms with van der Waals surface area (Å²) in [5.41, 5.74) is 2.00. The maximum Gasteiger partial charge on any atom is 0.417 e. The van der Waals surface area contributed by atoms with Gasteiger partial charge in [0.15, 0.2) is 0 Å². The molecule has 0 spiro atoms. The van der Waals surface area contributed by atoms with Gasteiger partial charge in [-0.05, 0) is 106 Å². The predicted molar refractivity (Wildman–Crippen MR) is 234 cm³/mol. The first-order valence-electron chi connectivity index (χ1n) is 23.0. The lowest BCUT2D eigenvalue weighted by Crippen LogP contribution is -2.54. The molecule has 18 heteroatoms. The highest BCUT2D eigenvalue weighted by Crippen LogP contribution is 2.37. The number of likely N-dealkylation sites (tertiary alicyclic amines) is 1. The maximum atomic E-state index is 13.5. The Morgan fingerprint density at radius 2 is 1.46 bits per heavy atom. The summed E-state index contributed by atoms with van der Waals surface area (Å²) in [4.78, 5) is 81.1. The van der Waals surface area contributed by atoms with Crippen LogP contribution < -0.4 is 20.4 Å². The van der Waals surface area contributed by atoms with E-state index >= 15 is 0 Å². The lowest BCUT2D eigenvalue weighted by atomic mass is 9.95. The van der Waals surface area contributed by atoms with Crippen LogP contribution in [0.2, 0.25) is 0 Å². The zero-order valence-electron chi connectivity index (χ0n) is 36.5. The minimum Gasteiger partial charge on any atom is -0.372 e. The van der Waals surface area contributed by atoms with Gasteiger partial charge in [0, 0.05) is 101 Å². The van der Waals surface area contributed by atoms with Gasteiger partial charge in [0.1, 0.15) is 11.9 Å². The topological polar surface area (TPSA) is 166 Å². The number of alkyl halides is 3. The number of carbonyl (C=O) groups excluding carboxylic acids is 5. The summed E-state index contributed by atoms with van der Waals surface area (Å²) in [7, 11) is 0. The van der Waals surface area contributed by atoms with Crippen LogP contribution in [0.4, 0.5) is 30.4 Å². The molecule has 5 fully saturated rings. The molecule has 0 saturated carbocycles. The van der Waals surface area contributed by atoms with Crippen LogP contribution in [0.1, 0.15) is 68.9 Å². The highest BCUT2D eigenvalue weighted by atomic mass is 19.4. The number of nitrogens with one attached hydrogen (secondary N) is 2. The number of benzene rings is 1. The molecule has 1 aliphatic carbocycles. The summed E-state index contributed by atoms with van der Waals surface area (Å²) in [6.45, 7) is 10.8. The van der Waals surface area contributed by atoms with Crippen LogP contribution in [0, 0.1) is 29.1 Å². The normalized spacial score (nSPS) is 24.4. The number of hydrogen-bond acceptors (Lipinski definition) is 12. The van der Waals surface area contributed by atoms with E-state index in [-0.39, 0.29) is 30.6 Å². The predicted octanol–water partition coefficient (Wildman–Crippen LogP) is 4.13. The van der Waals surface area contributed by atoms with E-state index < -0.39 is 41.1 Å². The van der Waals surface area contributed by atoms with Gasteiger partial charge in [0.2, 0.25) is 17.7 Å². The Hall–Kier alpha value is -5.80. The molecule has 0 radical (unpaired) electrons. The molecule has 1 unspecified atom stereocenters. The molecule has 5 amide bonds. The van der Waals surface area contributed by atoms with Gasteiger partial charge in [-0.15, -0.1) is 0 Å². The van der Waals surface area contributed by atoms with Gasteiger partial charge in [-0.2, -0.15) is 18.4 Å². The van der Waals surface area contributed by atoms with Gasteiger partial charge < -0.3 is 24.9 Å². The maximum absolute atomic E-state index is 13.5. The number of halogens is 3. The van der Waals surface area contributed by atoms with E-state index in [4.69, 9.17) is 5.26 Å².